The first-order chi connectivity index (χ1) is 6.74. The number of benzene rings is 1. The van der Waals surface area contributed by atoms with E-state index in [2.05, 4.69) is 13.3 Å². The molecule has 1 aromatic carbocycles. The fourth-order valence-corrected chi connectivity index (χ4v) is 1.70. The molecule has 0 N–H and O–H groups in total. The Kier molecular flexibility index (Phi) is 5.36. The molecule has 1 rings (SSSR count). The van der Waals surface area contributed by atoms with Crippen molar-refractivity contribution >= 4 is 23.2 Å². The van der Waals surface area contributed by atoms with Gasteiger partial charge in [0.05, 0.1) is 0 Å². The van der Waals surface area contributed by atoms with Crippen LogP contribution in [0.5, 0.6) is 0 Å². The van der Waals surface area contributed by atoms with Crippen LogP contribution in [0.3, 0.4) is 0 Å². The standard InChI is InChI=1S/C12H15Cl2/c1-2-3-4-5-6-10-9-11(13)7-8-12(10)14/h6-9H,2-5H2,1H3. The Balaban J connectivity index is 2.45. The molecule has 0 heterocycles. The van der Waals surface area contributed by atoms with Crippen LogP contribution in [0.15, 0.2) is 18.2 Å². The summed E-state index contributed by atoms with van der Waals surface area (Å²) in [4.78, 5) is 0. The van der Waals surface area contributed by atoms with E-state index in [1.54, 1.807) is 0 Å². The summed E-state index contributed by atoms with van der Waals surface area (Å²) in [5.74, 6) is 0. The minimum Gasteiger partial charge on any atom is -0.0843 e. The number of rotatable bonds is 5. The quantitative estimate of drug-likeness (QED) is 0.615. The molecule has 0 saturated heterocycles. The van der Waals surface area contributed by atoms with Gasteiger partial charge in [0.2, 0.25) is 0 Å². The van der Waals surface area contributed by atoms with Crippen molar-refractivity contribution in [3.63, 3.8) is 0 Å². The third-order valence-corrected chi connectivity index (χ3v) is 2.71. The first-order valence-corrected chi connectivity index (χ1v) is 5.78. The van der Waals surface area contributed by atoms with Crippen LogP contribution in [0.2, 0.25) is 10.0 Å². The van der Waals surface area contributed by atoms with E-state index < -0.39 is 0 Å². The molecule has 77 valence electrons. The molecule has 1 radical (unpaired) electrons. The molecule has 1 aromatic rings. The lowest BCUT2D eigenvalue weighted by molar-refractivity contribution is 0.715. The van der Waals surface area contributed by atoms with Gasteiger partial charge in [-0.25, -0.2) is 0 Å². The molecule has 0 aromatic heterocycles. The van der Waals surface area contributed by atoms with Crippen molar-refractivity contribution in [2.75, 3.05) is 0 Å². The van der Waals surface area contributed by atoms with Crippen LogP contribution in [-0.2, 0) is 0 Å². The van der Waals surface area contributed by atoms with Crippen LogP contribution in [0.1, 0.15) is 38.2 Å². The molecule has 0 aliphatic rings. The molecular formula is C12H15Cl2. The van der Waals surface area contributed by atoms with Gasteiger partial charge >= 0.3 is 0 Å². The van der Waals surface area contributed by atoms with Gasteiger partial charge in [-0.15, -0.1) is 0 Å². The monoisotopic (exact) mass is 229 g/mol. The Labute approximate surface area is 96.2 Å². The van der Waals surface area contributed by atoms with E-state index in [0.29, 0.717) is 0 Å². The Morgan fingerprint density at radius 3 is 2.71 bits per heavy atom. The number of hydrogen-bond donors (Lipinski definition) is 0. The molecule has 14 heavy (non-hydrogen) atoms. The van der Waals surface area contributed by atoms with E-state index in [1.807, 2.05) is 18.2 Å². The maximum absolute atomic E-state index is 6.02. The van der Waals surface area contributed by atoms with Gasteiger partial charge in [-0.05, 0) is 36.6 Å². The molecule has 0 saturated carbocycles. The highest BCUT2D eigenvalue weighted by atomic mass is 35.5. The van der Waals surface area contributed by atoms with Gasteiger partial charge in [0.1, 0.15) is 0 Å². The van der Waals surface area contributed by atoms with Crippen molar-refractivity contribution < 1.29 is 0 Å². The fourth-order valence-electron chi connectivity index (χ4n) is 1.32. The zero-order chi connectivity index (χ0) is 10.4. The third-order valence-electron chi connectivity index (χ3n) is 2.13. The molecule has 0 aliphatic heterocycles. The molecule has 0 spiro atoms. The van der Waals surface area contributed by atoms with Crippen molar-refractivity contribution in [1.82, 2.24) is 0 Å². The maximum atomic E-state index is 6.02. The van der Waals surface area contributed by atoms with E-state index in [9.17, 15) is 0 Å². The van der Waals surface area contributed by atoms with Gasteiger partial charge in [-0.1, -0.05) is 49.4 Å². The number of halogens is 2. The second-order valence-electron chi connectivity index (χ2n) is 3.37. The first-order valence-electron chi connectivity index (χ1n) is 5.02. The zero-order valence-electron chi connectivity index (χ0n) is 8.39. The average molecular weight is 230 g/mol. The number of unbranched alkanes of at least 4 members (excludes halogenated alkanes) is 3. The van der Waals surface area contributed by atoms with Crippen LogP contribution in [0, 0.1) is 6.42 Å². The van der Waals surface area contributed by atoms with Crippen LogP contribution in [0.25, 0.3) is 0 Å². The molecule has 0 amide bonds. The van der Waals surface area contributed by atoms with Crippen molar-refractivity contribution in [3.05, 3.63) is 40.2 Å². The van der Waals surface area contributed by atoms with Crippen molar-refractivity contribution in [2.24, 2.45) is 0 Å². The summed E-state index contributed by atoms with van der Waals surface area (Å²) >= 11 is 11.9. The molecule has 0 bridgehead atoms. The summed E-state index contributed by atoms with van der Waals surface area (Å²) in [7, 11) is 0. The largest absolute Gasteiger partial charge is 0.0843 e. The summed E-state index contributed by atoms with van der Waals surface area (Å²) in [6.07, 6.45) is 6.98. The normalized spacial score (nSPS) is 10.5. The van der Waals surface area contributed by atoms with Crippen molar-refractivity contribution in [2.45, 2.75) is 32.6 Å². The van der Waals surface area contributed by atoms with Gasteiger partial charge in [-0.3, -0.25) is 0 Å². The zero-order valence-corrected chi connectivity index (χ0v) is 9.91. The van der Waals surface area contributed by atoms with E-state index in [0.717, 1.165) is 22.0 Å². The minimum atomic E-state index is 0.746. The van der Waals surface area contributed by atoms with Crippen LogP contribution in [-0.4, -0.2) is 0 Å². The average Bonchev–Trinajstić information content (AvgIpc) is 2.18. The smallest absolute Gasteiger partial charge is 0.0442 e. The van der Waals surface area contributed by atoms with Gasteiger partial charge < -0.3 is 0 Å². The lowest BCUT2D eigenvalue weighted by atomic mass is 10.1. The van der Waals surface area contributed by atoms with Crippen LogP contribution >= 0.6 is 23.2 Å². The lowest BCUT2D eigenvalue weighted by Crippen LogP contribution is -1.84. The van der Waals surface area contributed by atoms with Gasteiger partial charge in [0.15, 0.2) is 0 Å². The Morgan fingerprint density at radius 2 is 2.00 bits per heavy atom. The van der Waals surface area contributed by atoms with Crippen LogP contribution in [0.4, 0.5) is 0 Å². The first kappa shape index (κ1) is 11.9. The molecule has 2 heteroatoms. The highest BCUT2D eigenvalue weighted by Gasteiger charge is 2.01. The SMILES string of the molecule is CCCCC[CH]c1cc(Cl)ccc1Cl. The van der Waals surface area contributed by atoms with Gasteiger partial charge in [0, 0.05) is 10.0 Å². The highest BCUT2D eigenvalue weighted by Crippen LogP contribution is 2.23. The highest BCUT2D eigenvalue weighted by molar-refractivity contribution is 6.33. The second kappa shape index (κ2) is 6.31. The van der Waals surface area contributed by atoms with Crippen LogP contribution < -0.4 is 0 Å². The minimum absolute atomic E-state index is 0.746. The predicted molar refractivity (Wildman–Crippen MR) is 64.0 cm³/mol. The molecular weight excluding hydrogens is 215 g/mol. The maximum Gasteiger partial charge on any atom is 0.0442 e. The summed E-state index contributed by atoms with van der Waals surface area (Å²) in [5.41, 5.74) is 1.05. The second-order valence-corrected chi connectivity index (χ2v) is 4.21. The Morgan fingerprint density at radius 1 is 1.21 bits per heavy atom. The molecule has 0 aliphatic carbocycles. The van der Waals surface area contributed by atoms with Gasteiger partial charge in [-0.2, -0.15) is 0 Å². The molecule has 0 nitrogen and oxygen atoms in total. The van der Waals surface area contributed by atoms with E-state index in [1.165, 1.54) is 19.3 Å². The van der Waals surface area contributed by atoms with E-state index in [-0.39, 0.29) is 0 Å². The van der Waals surface area contributed by atoms with E-state index in [4.69, 9.17) is 23.2 Å². The number of hydrogen-bond acceptors (Lipinski definition) is 0. The van der Waals surface area contributed by atoms with Crippen molar-refractivity contribution in [3.8, 4) is 0 Å². The van der Waals surface area contributed by atoms with E-state index >= 15 is 0 Å². The summed E-state index contributed by atoms with van der Waals surface area (Å²) in [5, 5.41) is 1.53. The van der Waals surface area contributed by atoms with Gasteiger partial charge in [0.25, 0.3) is 0 Å². The van der Waals surface area contributed by atoms with Crippen molar-refractivity contribution in [1.29, 1.82) is 0 Å². The summed E-state index contributed by atoms with van der Waals surface area (Å²) in [6.45, 7) is 2.20. The predicted octanol–water partition coefficient (Wildman–Crippen LogP) is 5.13. The summed E-state index contributed by atoms with van der Waals surface area (Å²) in [6, 6.07) is 5.57. The molecule has 0 unspecified atom stereocenters. The molecule has 0 fully saturated rings. The summed E-state index contributed by atoms with van der Waals surface area (Å²) < 4.78 is 0. The third kappa shape index (κ3) is 3.89. The Bertz CT molecular complexity index is 282. The Hall–Kier alpha value is -0.200. The fraction of sp³-hybridized carbons (Fsp3) is 0.417. The topological polar surface area (TPSA) is 0 Å². The molecule has 0 atom stereocenters. The lowest BCUT2D eigenvalue weighted by Gasteiger charge is -2.03.